The average Bonchev–Trinajstić information content (AvgIpc) is 2.11. The molecule has 0 radical (unpaired) electrons. The lowest BCUT2D eigenvalue weighted by atomic mass is 10.2. The zero-order chi connectivity index (χ0) is 10.6. The fourth-order valence-corrected chi connectivity index (χ4v) is 0.853. The minimum absolute atomic E-state index is 0.0642. The Bertz CT molecular complexity index is 362. The molecular formula is C8H5F3N2O. The van der Waals surface area contributed by atoms with E-state index in [9.17, 15) is 13.2 Å². The second kappa shape index (κ2) is 4.46. The fraction of sp³-hybridized carbons (Fsp3) is 0.250. The Labute approximate surface area is 77.7 Å². The molecule has 0 aliphatic carbocycles. The molecule has 0 fully saturated rings. The van der Waals surface area contributed by atoms with Crippen LogP contribution in [0.3, 0.4) is 0 Å². The zero-order valence-corrected chi connectivity index (χ0v) is 6.88. The van der Waals surface area contributed by atoms with Gasteiger partial charge in [-0.15, -0.1) is 0 Å². The Balaban J connectivity index is 2.96. The summed E-state index contributed by atoms with van der Waals surface area (Å²) >= 11 is 0. The molecule has 14 heavy (non-hydrogen) atoms. The lowest BCUT2D eigenvalue weighted by Gasteiger charge is -2.06. The Morgan fingerprint density at radius 1 is 1.50 bits per heavy atom. The van der Waals surface area contributed by atoms with E-state index in [0.29, 0.717) is 0 Å². The summed E-state index contributed by atoms with van der Waals surface area (Å²) in [6.07, 6.45) is 1.69. The smallest absolute Gasteiger partial charge is 0.387 e. The minimum atomic E-state index is -3.11. The van der Waals surface area contributed by atoms with Crippen LogP contribution in [0.2, 0.25) is 0 Å². The highest BCUT2D eigenvalue weighted by Crippen LogP contribution is 2.20. The molecule has 0 bridgehead atoms. The Morgan fingerprint density at radius 3 is 2.79 bits per heavy atom. The van der Waals surface area contributed by atoms with E-state index < -0.39 is 18.2 Å². The van der Waals surface area contributed by atoms with E-state index in [0.717, 1.165) is 12.4 Å². The van der Waals surface area contributed by atoms with Crippen molar-refractivity contribution >= 4 is 0 Å². The van der Waals surface area contributed by atoms with Crippen LogP contribution < -0.4 is 4.74 Å². The fourth-order valence-electron chi connectivity index (χ4n) is 0.853. The number of hydrogen-bond acceptors (Lipinski definition) is 3. The first-order valence-corrected chi connectivity index (χ1v) is 3.59. The first-order chi connectivity index (χ1) is 6.65. The normalized spacial score (nSPS) is 9.93. The molecule has 0 saturated heterocycles. The summed E-state index contributed by atoms with van der Waals surface area (Å²) in [5, 5.41) is 8.28. The summed E-state index contributed by atoms with van der Waals surface area (Å²) in [5.74, 6) is -1.62. The molecule has 1 aromatic heterocycles. The molecule has 0 N–H and O–H groups in total. The molecular weight excluding hydrogens is 197 g/mol. The maximum Gasteiger partial charge on any atom is 0.387 e. The Kier molecular flexibility index (Phi) is 3.29. The van der Waals surface area contributed by atoms with Gasteiger partial charge in [-0.05, 0) is 0 Å². The standard InChI is InChI=1S/C8H5F3N2O/c9-7-5(1-2-12)3-13-4-6(7)14-8(10)11/h3-4,8H,1H2. The van der Waals surface area contributed by atoms with Gasteiger partial charge in [0.05, 0.1) is 18.7 Å². The van der Waals surface area contributed by atoms with E-state index in [2.05, 4.69) is 9.72 Å². The second-order valence-corrected chi connectivity index (χ2v) is 2.32. The number of halogens is 3. The topological polar surface area (TPSA) is 45.9 Å². The second-order valence-electron chi connectivity index (χ2n) is 2.32. The predicted molar refractivity (Wildman–Crippen MR) is 40.1 cm³/mol. The van der Waals surface area contributed by atoms with Gasteiger partial charge in [-0.3, -0.25) is 4.98 Å². The van der Waals surface area contributed by atoms with Crippen LogP contribution in [0.4, 0.5) is 13.2 Å². The third kappa shape index (κ3) is 2.36. The van der Waals surface area contributed by atoms with Gasteiger partial charge in [0, 0.05) is 11.8 Å². The van der Waals surface area contributed by atoms with Crippen LogP contribution in [0.25, 0.3) is 0 Å². The maximum absolute atomic E-state index is 13.2. The van der Waals surface area contributed by atoms with E-state index in [1.807, 2.05) is 0 Å². The number of nitrogens with zero attached hydrogens (tertiary/aromatic N) is 2. The van der Waals surface area contributed by atoms with Crippen molar-refractivity contribution in [2.24, 2.45) is 0 Å². The van der Waals surface area contributed by atoms with E-state index in [-0.39, 0.29) is 12.0 Å². The van der Waals surface area contributed by atoms with Crippen LogP contribution in [-0.4, -0.2) is 11.6 Å². The van der Waals surface area contributed by atoms with E-state index >= 15 is 0 Å². The molecule has 1 rings (SSSR count). The number of alkyl halides is 2. The van der Waals surface area contributed by atoms with Gasteiger partial charge in [0.1, 0.15) is 0 Å². The van der Waals surface area contributed by atoms with Crippen molar-refractivity contribution in [1.29, 1.82) is 5.26 Å². The summed E-state index contributed by atoms with van der Waals surface area (Å²) in [5.41, 5.74) is -0.0642. The Morgan fingerprint density at radius 2 is 2.21 bits per heavy atom. The summed E-state index contributed by atoms with van der Waals surface area (Å²) < 4.78 is 40.5. The van der Waals surface area contributed by atoms with Gasteiger partial charge in [0.2, 0.25) is 0 Å². The quantitative estimate of drug-likeness (QED) is 0.751. The van der Waals surface area contributed by atoms with Gasteiger partial charge < -0.3 is 4.74 Å². The van der Waals surface area contributed by atoms with Crippen molar-refractivity contribution in [3.05, 3.63) is 23.8 Å². The first kappa shape index (κ1) is 10.3. The van der Waals surface area contributed by atoms with Gasteiger partial charge in [-0.25, -0.2) is 4.39 Å². The number of rotatable bonds is 3. The highest BCUT2D eigenvalue weighted by molar-refractivity contribution is 5.28. The minimum Gasteiger partial charge on any atom is -0.430 e. The first-order valence-electron chi connectivity index (χ1n) is 3.59. The number of aromatic nitrogens is 1. The third-order valence-electron chi connectivity index (χ3n) is 1.41. The van der Waals surface area contributed by atoms with Crippen molar-refractivity contribution in [3.8, 4) is 11.8 Å². The van der Waals surface area contributed by atoms with E-state index in [1.165, 1.54) is 0 Å². The van der Waals surface area contributed by atoms with Crippen molar-refractivity contribution in [2.45, 2.75) is 13.0 Å². The van der Waals surface area contributed by atoms with Gasteiger partial charge in [0.15, 0.2) is 11.6 Å². The van der Waals surface area contributed by atoms with Crippen LogP contribution in [0, 0.1) is 17.1 Å². The van der Waals surface area contributed by atoms with Crippen molar-refractivity contribution < 1.29 is 17.9 Å². The van der Waals surface area contributed by atoms with Crippen LogP contribution >= 0.6 is 0 Å². The van der Waals surface area contributed by atoms with Gasteiger partial charge in [-0.1, -0.05) is 0 Å². The van der Waals surface area contributed by atoms with Crippen molar-refractivity contribution in [3.63, 3.8) is 0 Å². The van der Waals surface area contributed by atoms with Crippen molar-refractivity contribution in [1.82, 2.24) is 4.98 Å². The lowest BCUT2D eigenvalue weighted by molar-refractivity contribution is -0.0525. The van der Waals surface area contributed by atoms with E-state index in [4.69, 9.17) is 5.26 Å². The molecule has 0 amide bonds. The van der Waals surface area contributed by atoms with Crippen LogP contribution in [0.1, 0.15) is 5.56 Å². The predicted octanol–water partition coefficient (Wildman–Crippen LogP) is 1.89. The molecule has 0 atom stereocenters. The zero-order valence-electron chi connectivity index (χ0n) is 6.88. The Hall–Kier alpha value is -1.77. The molecule has 1 heterocycles. The summed E-state index contributed by atoms with van der Waals surface area (Å²) in [4.78, 5) is 3.47. The molecule has 0 aliphatic rings. The number of pyridine rings is 1. The van der Waals surface area contributed by atoms with E-state index in [1.54, 1.807) is 6.07 Å². The largest absolute Gasteiger partial charge is 0.430 e. The molecule has 74 valence electrons. The number of ether oxygens (including phenoxy) is 1. The average molecular weight is 202 g/mol. The van der Waals surface area contributed by atoms with Crippen LogP contribution in [-0.2, 0) is 6.42 Å². The summed E-state index contributed by atoms with van der Waals surface area (Å²) in [6.45, 7) is -3.11. The molecule has 0 aromatic carbocycles. The molecule has 0 unspecified atom stereocenters. The number of hydrogen-bond donors (Lipinski definition) is 0. The molecule has 6 heteroatoms. The molecule has 0 spiro atoms. The number of nitriles is 1. The summed E-state index contributed by atoms with van der Waals surface area (Å²) in [7, 11) is 0. The third-order valence-corrected chi connectivity index (χ3v) is 1.41. The maximum atomic E-state index is 13.2. The summed E-state index contributed by atoms with van der Waals surface area (Å²) in [6, 6.07) is 1.68. The molecule has 3 nitrogen and oxygen atoms in total. The molecule has 1 aromatic rings. The monoisotopic (exact) mass is 202 g/mol. The lowest BCUT2D eigenvalue weighted by Crippen LogP contribution is -2.05. The molecule has 0 aliphatic heterocycles. The van der Waals surface area contributed by atoms with Crippen LogP contribution in [0.5, 0.6) is 5.75 Å². The molecule has 0 saturated carbocycles. The van der Waals surface area contributed by atoms with Crippen molar-refractivity contribution in [2.75, 3.05) is 0 Å². The van der Waals surface area contributed by atoms with Gasteiger partial charge >= 0.3 is 6.61 Å². The van der Waals surface area contributed by atoms with Crippen LogP contribution in [0.15, 0.2) is 12.4 Å². The SMILES string of the molecule is N#CCc1cncc(OC(F)F)c1F. The van der Waals surface area contributed by atoms with Gasteiger partial charge in [0.25, 0.3) is 0 Å². The highest BCUT2D eigenvalue weighted by atomic mass is 19.3. The highest BCUT2D eigenvalue weighted by Gasteiger charge is 2.13. The van der Waals surface area contributed by atoms with Gasteiger partial charge in [-0.2, -0.15) is 14.0 Å².